The van der Waals surface area contributed by atoms with Crippen molar-refractivity contribution in [3.63, 3.8) is 0 Å². The predicted molar refractivity (Wildman–Crippen MR) is 121 cm³/mol. The Hall–Kier alpha value is -2.85. The van der Waals surface area contributed by atoms with Crippen LogP contribution in [-0.2, 0) is 0 Å². The Labute approximate surface area is 175 Å². The number of nitrogens with zero attached hydrogens (tertiary/aromatic N) is 2. The van der Waals surface area contributed by atoms with E-state index in [-0.39, 0.29) is 11.2 Å². The van der Waals surface area contributed by atoms with Crippen LogP contribution in [0, 0.1) is 6.92 Å². The van der Waals surface area contributed by atoms with Crippen molar-refractivity contribution in [1.82, 2.24) is 9.55 Å². The van der Waals surface area contributed by atoms with Crippen LogP contribution in [0.5, 0.6) is 0 Å². The molecular formula is C25H24N2OS. The maximum atomic E-state index is 13.4. The lowest BCUT2D eigenvalue weighted by Gasteiger charge is -2.21. The maximum absolute atomic E-state index is 13.4. The topological polar surface area (TPSA) is 34.9 Å². The van der Waals surface area contributed by atoms with E-state index < -0.39 is 0 Å². The Bertz CT molecular complexity index is 1120. The van der Waals surface area contributed by atoms with E-state index in [9.17, 15) is 4.79 Å². The van der Waals surface area contributed by atoms with Crippen LogP contribution >= 0.6 is 11.8 Å². The summed E-state index contributed by atoms with van der Waals surface area (Å²) in [5, 5.41) is 2.19. The van der Waals surface area contributed by atoms with Gasteiger partial charge in [0.25, 0.3) is 0 Å². The molecule has 29 heavy (non-hydrogen) atoms. The Balaban J connectivity index is 1.86. The first kappa shape index (κ1) is 19.5. The summed E-state index contributed by atoms with van der Waals surface area (Å²) in [6, 6.07) is 23.8. The number of aromatic nitrogens is 2. The maximum Gasteiger partial charge on any atom is 0.195 e. The summed E-state index contributed by atoms with van der Waals surface area (Å²) in [5.41, 5.74) is 3.64. The fourth-order valence-electron chi connectivity index (χ4n) is 3.83. The zero-order valence-electron chi connectivity index (χ0n) is 16.7. The zero-order chi connectivity index (χ0) is 20.2. The molecule has 0 bridgehead atoms. The Morgan fingerprint density at radius 3 is 2.45 bits per heavy atom. The van der Waals surface area contributed by atoms with Gasteiger partial charge in [-0.15, -0.1) is 0 Å². The Kier molecular flexibility index (Phi) is 5.81. The summed E-state index contributed by atoms with van der Waals surface area (Å²) in [6.45, 7) is 4.26. The number of hydrogen-bond donors (Lipinski definition) is 0. The van der Waals surface area contributed by atoms with Crippen molar-refractivity contribution >= 4 is 28.4 Å². The van der Waals surface area contributed by atoms with Crippen LogP contribution in [0.4, 0.5) is 0 Å². The van der Waals surface area contributed by atoms with Crippen molar-refractivity contribution < 1.29 is 4.79 Å². The second-order valence-corrected chi connectivity index (χ2v) is 8.27. The molecule has 2 aromatic carbocycles. The molecule has 4 rings (SSSR count). The molecule has 1 atom stereocenters. The van der Waals surface area contributed by atoms with Crippen molar-refractivity contribution in [3.05, 3.63) is 95.8 Å². The van der Waals surface area contributed by atoms with E-state index in [2.05, 4.69) is 35.5 Å². The SMILES string of the molecule is CCCC(Sc1ccccn1)n1c(C)c(C(=O)c2ccccc2)c2ccccc21. The highest BCUT2D eigenvalue weighted by atomic mass is 32.2. The molecule has 146 valence electrons. The number of fused-ring (bicyclic) bond motifs is 1. The highest BCUT2D eigenvalue weighted by Gasteiger charge is 2.25. The molecule has 0 radical (unpaired) electrons. The molecule has 2 aromatic heterocycles. The molecule has 0 aliphatic rings. The minimum Gasteiger partial charge on any atom is -0.331 e. The van der Waals surface area contributed by atoms with Gasteiger partial charge < -0.3 is 4.57 Å². The molecule has 0 amide bonds. The average molecular weight is 401 g/mol. The number of carbonyl (C=O) groups excluding carboxylic acids is 1. The summed E-state index contributed by atoms with van der Waals surface area (Å²) >= 11 is 1.76. The van der Waals surface area contributed by atoms with Gasteiger partial charge in [-0.05, 0) is 31.5 Å². The molecule has 0 aliphatic heterocycles. The predicted octanol–water partition coefficient (Wildman–Crippen LogP) is 6.67. The molecular weight excluding hydrogens is 376 g/mol. The van der Waals surface area contributed by atoms with E-state index >= 15 is 0 Å². The van der Waals surface area contributed by atoms with E-state index in [1.807, 2.05) is 66.9 Å². The fraction of sp³-hybridized carbons (Fsp3) is 0.200. The molecule has 4 aromatic rings. The van der Waals surface area contributed by atoms with E-state index in [4.69, 9.17) is 0 Å². The molecule has 0 fully saturated rings. The van der Waals surface area contributed by atoms with Gasteiger partial charge in [0.1, 0.15) is 0 Å². The third-order valence-corrected chi connectivity index (χ3v) is 6.34. The minimum absolute atomic E-state index is 0.0798. The minimum atomic E-state index is 0.0798. The van der Waals surface area contributed by atoms with Gasteiger partial charge in [0, 0.05) is 28.4 Å². The van der Waals surface area contributed by atoms with Gasteiger partial charge in [-0.3, -0.25) is 4.79 Å². The molecule has 0 spiro atoms. The first-order valence-corrected chi connectivity index (χ1v) is 10.9. The standard InChI is InChI=1S/C25H24N2OS/c1-3-11-23(29-22-16-9-10-17-26-22)27-18(2)24(20-14-7-8-15-21(20)27)25(28)19-12-5-4-6-13-19/h4-10,12-17,23H,3,11H2,1-2H3. The number of pyridine rings is 1. The quantitative estimate of drug-likeness (QED) is 0.257. The van der Waals surface area contributed by atoms with Crippen LogP contribution in [-0.4, -0.2) is 15.3 Å². The lowest BCUT2D eigenvalue weighted by atomic mass is 10.0. The Morgan fingerprint density at radius 2 is 1.72 bits per heavy atom. The van der Waals surface area contributed by atoms with Gasteiger partial charge in [-0.25, -0.2) is 4.98 Å². The molecule has 1 unspecified atom stereocenters. The smallest absolute Gasteiger partial charge is 0.195 e. The number of rotatable bonds is 7. The lowest BCUT2D eigenvalue weighted by molar-refractivity contribution is 0.103. The van der Waals surface area contributed by atoms with E-state index in [0.29, 0.717) is 0 Å². The number of para-hydroxylation sites is 1. The number of hydrogen-bond acceptors (Lipinski definition) is 3. The fourth-order valence-corrected chi connectivity index (χ4v) is 5.11. The van der Waals surface area contributed by atoms with Gasteiger partial charge in [0.15, 0.2) is 5.78 Å². The molecule has 0 N–H and O–H groups in total. The van der Waals surface area contributed by atoms with E-state index in [1.165, 1.54) is 0 Å². The van der Waals surface area contributed by atoms with Crippen molar-refractivity contribution in [3.8, 4) is 0 Å². The van der Waals surface area contributed by atoms with Crippen molar-refractivity contribution in [2.45, 2.75) is 37.1 Å². The van der Waals surface area contributed by atoms with Crippen LogP contribution in [0.2, 0.25) is 0 Å². The molecule has 0 saturated heterocycles. The van der Waals surface area contributed by atoms with Gasteiger partial charge >= 0.3 is 0 Å². The third kappa shape index (κ3) is 3.85. The summed E-state index contributed by atoms with van der Waals surface area (Å²) in [4.78, 5) is 17.9. The largest absolute Gasteiger partial charge is 0.331 e. The van der Waals surface area contributed by atoms with Crippen LogP contribution in [0.25, 0.3) is 10.9 Å². The first-order valence-electron chi connectivity index (χ1n) is 9.97. The normalized spacial score (nSPS) is 12.2. The van der Waals surface area contributed by atoms with Gasteiger partial charge in [0.05, 0.1) is 16.0 Å². The Morgan fingerprint density at radius 1 is 1.00 bits per heavy atom. The third-order valence-electron chi connectivity index (χ3n) is 5.14. The summed E-state index contributed by atoms with van der Waals surface area (Å²) in [7, 11) is 0. The molecule has 3 nitrogen and oxygen atoms in total. The van der Waals surface area contributed by atoms with Crippen molar-refractivity contribution in [2.75, 3.05) is 0 Å². The monoisotopic (exact) mass is 400 g/mol. The van der Waals surface area contributed by atoms with Gasteiger partial charge in [-0.1, -0.05) is 79.7 Å². The van der Waals surface area contributed by atoms with E-state index in [0.717, 1.165) is 45.6 Å². The number of ketones is 1. The second-order valence-electron chi connectivity index (χ2n) is 7.07. The van der Waals surface area contributed by atoms with Gasteiger partial charge in [-0.2, -0.15) is 0 Å². The lowest BCUT2D eigenvalue weighted by Crippen LogP contribution is -2.09. The van der Waals surface area contributed by atoms with Crippen LogP contribution in [0.1, 0.15) is 46.8 Å². The molecule has 0 saturated carbocycles. The summed E-state index contributed by atoms with van der Waals surface area (Å²) < 4.78 is 2.33. The highest BCUT2D eigenvalue weighted by molar-refractivity contribution is 7.99. The molecule has 2 heterocycles. The molecule has 0 aliphatic carbocycles. The van der Waals surface area contributed by atoms with Crippen molar-refractivity contribution in [2.24, 2.45) is 0 Å². The van der Waals surface area contributed by atoms with Crippen molar-refractivity contribution in [1.29, 1.82) is 0 Å². The zero-order valence-corrected chi connectivity index (χ0v) is 17.5. The molecule has 4 heteroatoms. The highest BCUT2D eigenvalue weighted by Crippen LogP contribution is 2.39. The summed E-state index contributed by atoms with van der Waals surface area (Å²) in [5.74, 6) is 0.0798. The van der Waals surface area contributed by atoms with Crippen LogP contribution in [0.15, 0.2) is 84.0 Å². The number of benzene rings is 2. The number of thioether (sulfide) groups is 1. The van der Waals surface area contributed by atoms with Crippen LogP contribution < -0.4 is 0 Å². The van der Waals surface area contributed by atoms with Gasteiger partial charge in [0.2, 0.25) is 0 Å². The summed E-state index contributed by atoms with van der Waals surface area (Å²) in [6.07, 6.45) is 3.88. The van der Waals surface area contributed by atoms with E-state index in [1.54, 1.807) is 11.8 Å². The average Bonchev–Trinajstić information content (AvgIpc) is 3.06. The number of carbonyl (C=O) groups is 1. The first-order chi connectivity index (χ1) is 14.2. The van der Waals surface area contributed by atoms with Crippen LogP contribution in [0.3, 0.4) is 0 Å². The second kappa shape index (κ2) is 8.66.